The van der Waals surface area contributed by atoms with Crippen molar-refractivity contribution in [3.63, 3.8) is 0 Å². The number of ether oxygens (including phenoxy) is 1. The van der Waals surface area contributed by atoms with Crippen LogP contribution >= 0.6 is 15.9 Å². The number of rotatable bonds is 3. The van der Waals surface area contributed by atoms with Crippen LogP contribution in [-0.4, -0.2) is 52.3 Å². The third kappa shape index (κ3) is 3.04. The zero-order valence-electron chi connectivity index (χ0n) is 11.4. The molecule has 0 radical (unpaired) electrons. The van der Waals surface area contributed by atoms with Gasteiger partial charge < -0.3 is 19.3 Å². The van der Waals surface area contributed by atoms with Crippen LogP contribution in [0.15, 0.2) is 16.7 Å². The summed E-state index contributed by atoms with van der Waals surface area (Å²) < 4.78 is 7.83. The highest BCUT2D eigenvalue weighted by molar-refractivity contribution is 9.10. The zero-order valence-corrected chi connectivity index (χ0v) is 13.0. The predicted molar refractivity (Wildman–Crippen MR) is 75.8 cm³/mol. The number of aliphatic carboxylic acids is 1. The highest BCUT2D eigenvalue weighted by Gasteiger charge is 2.30. The maximum atomic E-state index is 12.5. The summed E-state index contributed by atoms with van der Waals surface area (Å²) in [6.07, 6.45) is 0.908. The van der Waals surface area contributed by atoms with Crippen molar-refractivity contribution >= 4 is 27.8 Å². The van der Waals surface area contributed by atoms with Gasteiger partial charge >= 0.3 is 5.97 Å². The Labute approximate surface area is 125 Å². The molecule has 6 nitrogen and oxygen atoms in total. The smallest absolute Gasteiger partial charge is 0.334 e. The van der Waals surface area contributed by atoms with Gasteiger partial charge in [-0.1, -0.05) is 0 Å². The SMILES string of the molecule is CC(C)n1cc(Br)cc1C(=O)N1CCOC(C(=O)O)C1. The van der Waals surface area contributed by atoms with E-state index in [2.05, 4.69) is 15.9 Å². The topological polar surface area (TPSA) is 71.8 Å². The van der Waals surface area contributed by atoms with E-state index in [0.29, 0.717) is 12.2 Å². The van der Waals surface area contributed by atoms with Crippen molar-refractivity contribution in [3.05, 3.63) is 22.4 Å². The molecule has 2 rings (SSSR count). The zero-order chi connectivity index (χ0) is 14.9. The molecule has 1 atom stereocenters. The highest BCUT2D eigenvalue weighted by Crippen LogP contribution is 2.21. The van der Waals surface area contributed by atoms with Crippen LogP contribution < -0.4 is 0 Å². The molecule has 0 aliphatic carbocycles. The third-order valence-electron chi connectivity index (χ3n) is 3.22. The Morgan fingerprint density at radius 1 is 1.50 bits per heavy atom. The van der Waals surface area contributed by atoms with E-state index in [9.17, 15) is 9.59 Å². The number of morpholine rings is 1. The van der Waals surface area contributed by atoms with Crippen LogP contribution in [0.3, 0.4) is 0 Å². The van der Waals surface area contributed by atoms with Gasteiger partial charge in [0.15, 0.2) is 6.10 Å². The first-order valence-corrected chi connectivity index (χ1v) is 7.20. The average Bonchev–Trinajstić information content (AvgIpc) is 2.80. The summed E-state index contributed by atoms with van der Waals surface area (Å²) in [7, 11) is 0. The number of carboxylic acids is 1. The molecule has 2 heterocycles. The number of nitrogens with zero attached hydrogens (tertiary/aromatic N) is 2. The van der Waals surface area contributed by atoms with E-state index in [1.165, 1.54) is 4.90 Å². The molecule has 1 saturated heterocycles. The average molecular weight is 345 g/mol. The minimum atomic E-state index is -1.04. The van der Waals surface area contributed by atoms with Gasteiger partial charge in [0.1, 0.15) is 5.69 Å². The normalized spacial score (nSPS) is 19.4. The first-order valence-electron chi connectivity index (χ1n) is 6.41. The van der Waals surface area contributed by atoms with Gasteiger partial charge in [-0.05, 0) is 35.8 Å². The number of hydrogen-bond acceptors (Lipinski definition) is 3. The number of hydrogen-bond donors (Lipinski definition) is 1. The summed E-state index contributed by atoms with van der Waals surface area (Å²) in [5, 5.41) is 8.98. The van der Waals surface area contributed by atoms with Gasteiger partial charge in [-0.15, -0.1) is 0 Å². The van der Waals surface area contributed by atoms with Gasteiger partial charge in [0.25, 0.3) is 5.91 Å². The predicted octanol–water partition coefficient (Wildman–Crippen LogP) is 1.76. The van der Waals surface area contributed by atoms with Crippen LogP contribution in [0.4, 0.5) is 0 Å². The van der Waals surface area contributed by atoms with E-state index in [0.717, 1.165) is 4.47 Å². The molecular formula is C13H17BrN2O4. The van der Waals surface area contributed by atoms with E-state index in [4.69, 9.17) is 9.84 Å². The minimum Gasteiger partial charge on any atom is -0.479 e. The van der Waals surface area contributed by atoms with E-state index < -0.39 is 12.1 Å². The molecule has 0 spiro atoms. The Bertz CT molecular complexity index is 526. The van der Waals surface area contributed by atoms with E-state index in [1.54, 1.807) is 6.07 Å². The van der Waals surface area contributed by atoms with Crippen molar-refractivity contribution in [2.24, 2.45) is 0 Å². The lowest BCUT2D eigenvalue weighted by molar-refractivity contribution is -0.154. The van der Waals surface area contributed by atoms with Crippen molar-refractivity contribution in [2.45, 2.75) is 26.0 Å². The van der Waals surface area contributed by atoms with Crippen LogP contribution in [-0.2, 0) is 9.53 Å². The number of carbonyl (C=O) groups excluding carboxylic acids is 1. The second-order valence-corrected chi connectivity index (χ2v) is 5.91. The lowest BCUT2D eigenvalue weighted by Gasteiger charge is -2.31. The molecule has 1 N–H and O–H groups in total. The van der Waals surface area contributed by atoms with Crippen LogP contribution in [0.2, 0.25) is 0 Å². The molecule has 1 fully saturated rings. The van der Waals surface area contributed by atoms with Gasteiger partial charge in [0.2, 0.25) is 0 Å². The summed E-state index contributed by atoms with van der Waals surface area (Å²) in [5.41, 5.74) is 0.554. The summed E-state index contributed by atoms with van der Waals surface area (Å²) >= 11 is 3.37. The molecule has 1 amide bonds. The lowest BCUT2D eigenvalue weighted by atomic mass is 10.2. The molecular weight excluding hydrogens is 328 g/mol. The van der Waals surface area contributed by atoms with Gasteiger partial charge in [0.05, 0.1) is 13.2 Å². The molecule has 0 bridgehead atoms. The van der Waals surface area contributed by atoms with Crippen LogP contribution in [0.1, 0.15) is 30.4 Å². The van der Waals surface area contributed by atoms with E-state index in [-0.39, 0.29) is 25.1 Å². The van der Waals surface area contributed by atoms with E-state index in [1.807, 2.05) is 24.6 Å². The fourth-order valence-corrected chi connectivity index (χ4v) is 2.63. The van der Waals surface area contributed by atoms with Gasteiger partial charge in [-0.3, -0.25) is 4.79 Å². The van der Waals surface area contributed by atoms with Crippen molar-refractivity contribution < 1.29 is 19.4 Å². The fourth-order valence-electron chi connectivity index (χ4n) is 2.19. The first-order chi connectivity index (χ1) is 9.40. The molecule has 1 aliphatic heterocycles. The summed E-state index contributed by atoms with van der Waals surface area (Å²) in [6.45, 7) is 4.70. The van der Waals surface area contributed by atoms with Crippen molar-refractivity contribution in [3.8, 4) is 0 Å². The highest BCUT2D eigenvalue weighted by atomic mass is 79.9. The van der Waals surface area contributed by atoms with Gasteiger partial charge in [-0.2, -0.15) is 0 Å². The second-order valence-electron chi connectivity index (χ2n) is 4.99. The number of carbonyl (C=O) groups is 2. The van der Waals surface area contributed by atoms with E-state index >= 15 is 0 Å². The Morgan fingerprint density at radius 3 is 2.80 bits per heavy atom. The van der Waals surface area contributed by atoms with Crippen molar-refractivity contribution in [1.82, 2.24) is 9.47 Å². The first kappa shape index (κ1) is 15.1. The fraction of sp³-hybridized carbons (Fsp3) is 0.538. The second kappa shape index (κ2) is 5.97. The van der Waals surface area contributed by atoms with Crippen LogP contribution in [0, 0.1) is 0 Å². The molecule has 7 heteroatoms. The number of carboxylic acid groups (broad SMARTS) is 1. The molecule has 1 unspecified atom stereocenters. The van der Waals surface area contributed by atoms with Crippen molar-refractivity contribution in [1.29, 1.82) is 0 Å². The molecule has 20 heavy (non-hydrogen) atoms. The number of aromatic nitrogens is 1. The standard InChI is InChI=1S/C13H17BrN2O4/c1-8(2)16-6-9(14)5-10(16)12(17)15-3-4-20-11(7-15)13(18)19/h5-6,8,11H,3-4,7H2,1-2H3,(H,18,19). The molecule has 110 valence electrons. The van der Waals surface area contributed by atoms with Crippen LogP contribution in [0.5, 0.6) is 0 Å². The largest absolute Gasteiger partial charge is 0.479 e. The quantitative estimate of drug-likeness (QED) is 0.906. The number of halogens is 1. The minimum absolute atomic E-state index is 0.0784. The lowest BCUT2D eigenvalue weighted by Crippen LogP contribution is -2.48. The maximum absolute atomic E-state index is 12.5. The number of amides is 1. The molecule has 1 aromatic heterocycles. The Balaban J connectivity index is 2.21. The molecule has 0 saturated carbocycles. The summed E-state index contributed by atoms with van der Waals surface area (Å²) in [6, 6.07) is 1.91. The summed E-state index contributed by atoms with van der Waals surface area (Å²) in [5.74, 6) is -1.21. The Morgan fingerprint density at radius 2 is 2.20 bits per heavy atom. The van der Waals surface area contributed by atoms with Crippen molar-refractivity contribution in [2.75, 3.05) is 19.7 Å². The third-order valence-corrected chi connectivity index (χ3v) is 3.65. The maximum Gasteiger partial charge on any atom is 0.334 e. The summed E-state index contributed by atoms with van der Waals surface area (Å²) in [4.78, 5) is 25.0. The Hall–Kier alpha value is -1.34. The van der Waals surface area contributed by atoms with Gasteiger partial charge in [0, 0.05) is 23.3 Å². The molecule has 1 aromatic rings. The molecule has 1 aliphatic rings. The molecule has 0 aromatic carbocycles. The van der Waals surface area contributed by atoms with Gasteiger partial charge in [-0.25, -0.2) is 4.79 Å². The Kier molecular flexibility index (Phi) is 4.49. The van der Waals surface area contributed by atoms with Crippen LogP contribution in [0.25, 0.3) is 0 Å². The monoisotopic (exact) mass is 344 g/mol.